The van der Waals surface area contributed by atoms with E-state index in [9.17, 15) is 9.18 Å². The minimum Gasteiger partial charge on any atom is -0.423 e. The third-order valence-corrected chi connectivity index (χ3v) is 2.03. The molecule has 3 heteroatoms. The van der Waals surface area contributed by atoms with E-state index in [1.807, 2.05) is 6.07 Å². The van der Waals surface area contributed by atoms with Gasteiger partial charge in [0.2, 0.25) is 0 Å². The molecule has 0 aliphatic carbocycles. The maximum atomic E-state index is 12.6. The smallest absolute Gasteiger partial charge is 0.343 e. The fourth-order valence-corrected chi connectivity index (χ4v) is 1.24. The van der Waals surface area contributed by atoms with Crippen molar-refractivity contribution in [3.63, 3.8) is 0 Å². The Hall–Kier alpha value is -2.16. The van der Waals surface area contributed by atoms with E-state index in [4.69, 9.17) is 4.74 Å². The Labute approximate surface area is 92.3 Å². The Bertz CT molecular complexity index is 477. The monoisotopic (exact) mass is 216 g/mol. The highest BCUT2D eigenvalue weighted by Gasteiger charge is 2.07. The summed E-state index contributed by atoms with van der Waals surface area (Å²) < 4.78 is 17.7. The summed E-state index contributed by atoms with van der Waals surface area (Å²) in [4.78, 5) is 11.6. The standard InChI is InChI=1S/C13H9FO2/c14-11-8-6-10(7-9-11)13(15)16-12-4-2-1-3-5-12/h1-9H. The highest BCUT2D eigenvalue weighted by Crippen LogP contribution is 2.12. The number of halogens is 1. The van der Waals surface area contributed by atoms with Crippen LogP contribution in [0.5, 0.6) is 5.75 Å². The van der Waals surface area contributed by atoms with E-state index in [1.165, 1.54) is 24.3 Å². The number of ether oxygens (including phenoxy) is 1. The molecule has 0 bridgehead atoms. The Morgan fingerprint density at radius 1 is 0.938 bits per heavy atom. The van der Waals surface area contributed by atoms with Crippen LogP contribution in [0.25, 0.3) is 0 Å². The highest BCUT2D eigenvalue weighted by atomic mass is 19.1. The van der Waals surface area contributed by atoms with E-state index < -0.39 is 5.97 Å². The molecule has 0 radical (unpaired) electrons. The molecule has 0 saturated heterocycles. The molecule has 2 aromatic rings. The molecule has 0 aromatic heterocycles. The predicted octanol–water partition coefficient (Wildman–Crippen LogP) is 3.04. The summed E-state index contributed by atoms with van der Waals surface area (Å²) in [5.74, 6) is -0.403. The summed E-state index contributed by atoms with van der Waals surface area (Å²) in [7, 11) is 0. The van der Waals surface area contributed by atoms with Crippen molar-refractivity contribution in [2.45, 2.75) is 0 Å². The van der Waals surface area contributed by atoms with Gasteiger partial charge in [-0.1, -0.05) is 18.2 Å². The molecule has 2 aromatic carbocycles. The molecular formula is C13H9FO2. The first kappa shape index (κ1) is 10.4. The summed E-state index contributed by atoms with van der Waals surface area (Å²) in [6.07, 6.45) is 0. The highest BCUT2D eigenvalue weighted by molar-refractivity contribution is 5.90. The third-order valence-electron chi connectivity index (χ3n) is 2.03. The molecule has 16 heavy (non-hydrogen) atoms. The molecule has 0 fully saturated rings. The molecule has 0 amide bonds. The van der Waals surface area contributed by atoms with Crippen LogP contribution in [0, 0.1) is 5.82 Å². The lowest BCUT2D eigenvalue weighted by Crippen LogP contribution is -2.08. The molecule has 80 valence electrons. The van der Waals surface area contributed by atoms with Gasteiger partial charge in [0.1, 0.15) is 11.6 Å². The average molecular weight is 216 g/mol. The second-order valence-corrected chi connectivity index (χ2v) is 3.21. The Morgan fingerprint density at radius 2 is 1.56 bits per heavy atom. The topological polar surface area (TPSA) is 26.3 Å². The van der Waals surface area contributed by atoms with Gasteiger partial charge >= 0.3 is 5.97 Å². The van der Waals surface area contributed by atoms with Crippen molar-refractivity contribution in [2.24, 2.45) is 0 Å². The zero-order valence-corrected chi connectivity index (χ0v) is 8.39. The largest absolute Gasteiger partial charge is 0.423 e. The molecule has 0 unspecified atom stereocenters. The second kappa shape index (κ2) is 4.57. The van der Waals surface area contributed by atoms with Gasteiger partial charge in [-0.3, -0.25) is 0 Å². The average Bonchev–Trinajstić information content (AvgIpc) is 2.31. The summed E-state index contributed by atoms with van der Waals surface area (Å²) in [6.45, 7) is 0. The van der Waals surface area contributed by atoms with Gasteiger partial charge in [-0.15, -0.1) is 0 Å². The fraction of sp³-hybridized carbons (Fsp3) is 0. The number of carbonyl (C=O) groups is 1. The van der Waals surface area contributed by atoms with Crippen LogP contribution in [-0.2, 0) is 0 Å². The predicted molar refractivity (Wildman–Crippen MR) is 57.8 cm³/mol. The van der Waals surface area contributed by atoms with Crippen molar-refractivity contribution in [1.29, 1.82) is 0 Å². The van der Waals surface area contributed by atoms with Crippen LogP contribution in [-0.4, -0.2) is 5.97 Å². The first-order valence-corrected chi connectivity index (χ1v) is 4.78. The summed E-state index contributed by atoms with van der Waals surface area (Å²) in [5.41, 5.74) is 0.324. The number of benzene rings is 2. The van der Waals surface area contributed by atoms with Gasteiger partial charge in [0.25, 0.3) is 0 Å². The number of para-hydroxylation sites is 1. The van der Waals surface area contributed by atoms with Gasteiger partial charge in [0, 0.05) is 0 Å². The van der Waals surface area contributed by atoms with Gasteiger partial charge in [-0.25, -0.2) is 9.18 Å². The molecule has 0 aliphatic heterocycles. The maximum absolute atomic E-state index is 12.6. The van der Waals surface area contributed by atoms with Crippen molar-refractivity contribution in [2.75, 3.05) is 0 Å². The van der Waals surface area contributed by atoms with E-state index >= 15 is 0 Å². The van der Waals surface area contributed by atoms with Crippen molar-refractivity contribution in [3.8, 4) is 5.75 Å². The molecule has 0 spiro atoms. The lowest BCUT2D eigenvalue weighted by atomic mass is 10.2. The van der Waals surface area contributed by atoms with E-state index in [2.05, 4.69) is 0 Å². The van der Waals surface area contributed by atoms with Crippen molar-refractivity contribution in [1.82, 2.24) is 0 Å². The number of rotatable bonds is 2. The number of hydrogen-bond donors (Lipinski definition) is 0. The van der Waals surface area contributed by atoms with Gasteiger partial charge < -0.3 is 4.74 Å². The molecule has 0 N–H and O–H groups in total. The first-order valence-electron chi connectivity index (χ1n) is 4.78. The minimum absolute atomic E-state index is 0.324. The third kappa shape index (κ3) is 2.45. The van der Waals surface area contributed by atoms with Crippen LogP contribution in [0.1, 0.15) is 10.4 Å². The van der Waals surface area contributed by atoms with Crippen LogP contribution >= 0.6 is 0 Å². The van der Waals surface area contributed by atoms with Crippen LogP contribution < -0.4 is 4.74 Å². The van der Waals surface area contributed by atoms with Gasteiger partial charge in [-0.2, -0.15) is 0 Å². The number of hydrogen-bond acceptors (Lipinski definition) is 2. The lowest BCUT2D eigenvalue weighted by Gasteiger charge is -2.03. The van der Waals surface area contributed by atoms with Crippen LogP contribution in [0.2, 0.25) is 0 Å². The Morgan fingerprint density at radius 3 is 2.19 bits per heavy atom. The van der Waals surface area contributed by atoms with Gasteiger partial charge in [0.05, 0.1) is 5.56 Å². The minimum atomic E-state index is -0.494. The Balaban J connectivity index is 2.12. The molecule has 0 heterocycles. The normalized spacial score (nSPS) is 9.81. The van der Waals surface area contributed by atoms with Crippen LogP contribution in [0.3, 0.4) is 0 Å². The first-order chi connectivity index (χ1) is 7.75. The van der Waals surface area contributed by atoms with Crippen LogP contribution in [0.4, 0.5) is 4.39 Å². The molecule has 2 rings (SSSR count). The molecule has 2 nitrogen and oxygen atoms in total. The molecule has 0 aliphatic rings. The van der Waals surface area contributed by atoms with Crippen molar-refractivity contribution in [3.05, 3.63) is 66.0 Å². The van der Waals surface area contributed by atoms with Gasteiger partial charge in [0.15, 0.2) is 0 Å². The van der Waals surface area contributed by atoms with Crippen LogP contribution in [0.15, 0.2) is 54.6 Å². The van der Waals surface area contributed by atoms with Crippen molar-refractivity contribution < 1.29 is 13.9 Å². The summed E-state index contributed by atoms with van der Waals surface area (Å²) >= 11 is 0. The maximum Gasteiger partial charge on any atom is 0.343 e. The second-order valence-electron chi connectivity index (χ2n) is 3.21. The number of esters is 1. The van der Waals surface area contributed by atoms with Crippen molar-refractivity contribution >= 4 is 5.97 Å². The molecular weight excluding hydrogens is 207 g/mol. The summed E-state index contributed by atoms with van der Waals surface area (Å²) in [6, 6.07) is 14.0. The lowest BCUT2D eigenvalue weighted by molar-refractivity contribution is 0.0734. The zero-order valence-electron chi connectivity index (χ0n) is 8.39. The molecule has 0 atom stereocenters. The number of carbonyl (C=O) groups excluding carboxylic acids is 1. The fourth-order valence-electron chi connectivity index (χ4n) is 1.24. The van der Waals surface area contributed by atoms with E-state index in [0.717, 1.165) is 0 Å². The van der Waals surface area contributed by atoms with E-state index in [-0.39, 0.29) is 5.82 Å². The van der Waals surface area contributed by atoms with E-state index in [1.54, 1.807) is 24.3 Å². The molecule has 0 saturated carbocycles. The van der Waals surface area contributed by atoms with E-state index in [0.29, 0.717) is 11.3 Å². The SMILES string of the molecule is O=C(Oc1ccccc1)c1ccc(F)cc1. The van der Waals surface area contributed by atoms with Gasteiger partial charge in [-0.05, 0) is 36.4 Å². The zero-order chi connectivity index (χ0) is 11.4. The quantitative estimate of drug-likeness (QED) is 0.569. The summed E-state index contributed by atoms with van der Waals surface area (Å²) in [5, 5.41) is 0. The Kier molecular flexibility index (Phi) is 2.96.